The zero-order valence-electron chi connectivity index (χ0n) is 27.2. The summed E-state index contributed by atoms with van der Waals surface area (Å²) in [7, 11) is 1.46. The Bertz CT molecular complexity index is 2610. The molecule has 9 nitrogen and oxygen atoms in total. The number of rotatable bonds is 8. The molecular weight excluding hydrogens is 734 g/mol. The molecule has 0 amide bonds. The molecule has 4 heterocycles. The monoisotopic (exact) mass is 755 g/mol. The van der Waals surface area contributed by atoms with Crippen molar-refractivity contribution in [2.45, 2.75) is 6.82 Å². The van der Waals surface area contributed by atoms with Crippen molar-refractivity contribution in [1.29, 1.82) is 0 Å². The average Bonchev–Trinajstić information content (AvgIpc) is 3.72. The molecule has 0 aliphatic carbocycles. The highest BCUT2D eigenvalue weighted by Gasteiger charge is 2.18. The molecule has 0 saturated carbocycles. The Hall–Kier alpha value is -6.12. The number of ether oxygens (including phenoxy) is 2. The zero-order valence-corrected chi connectivity index (χ0v) is 28.7. The molecule has 263 valence electrons. The molecule has 0 spiro atoms. The van der Waals surface area contributed by atoms with E-state index in [4.69, 9.17) is 37.4 Å². The van der Waals surface area contributed by atoms with Gasteiger partial charge in [0.05, 0.1) is 20.9 Å². The van der Waals surface area contributed by atoms with E-state index in [2.05, 4.69) is 25.3 Å². The van der Waals surface area contributed by atoms with Gasteiger partial charge in [0.15, 0.2) is 23.1 Å². The van der Waals surface area contributed by atoms with Gasteiger partial charge in [0.25, 0.3) is 0 Å². The maximum atomic E-state index is 13.9. The van der Waals surface area contributed by atoms with Gasteiger partial charge in [-0.3, -0.25) is 5.10 Å². The smallest absolute Gasteiger partial charge is 0.407 e. The third kappa shape index (κ3) is 7.59. The highest BCUT2D eigenvalue weighted by Crippen LogP contribution is 2.35. The Morgan fingerprint density at radius 1 is 0.660 bits per heavy atom. The summed E-state index contributed by atoms with van der Waals surface area (Å²) >= 11 is 12.5. The van der Waals surface area contributed by atoms with Gasteiger partial charge in [-0.05, 0) is 43.2 Å². The van der Waals surface area contributed by atoms with Crippen molar-refractivity contribution >= 4 is 52.5 Å². The lowest BCUT2D eigenvalue weighted by Crippen LogP contribution is -2.14. The van der Waals surface area contributed by atoms with Crippen LogP contribution in [0.3, 0.4) is 0 Å². The highest BCUT2D eigenvalue weighted by atomic mass is 35.5. The number of benzene rings is 4. The van der Waals surface area contributed by atoms with Crippen LogP contribution in [0.1, 0.15) is 0 Å². The van der Waals surface area contributed by atoms with Gasteiger partial charge in [0, 0.05) is 53.2 Å². The van der Waals surface area contributed by atoms with Crippen molar-refractivity contribution in [3.8, 4) is 45.8 Å². The Labute approximate surface area is 308 Å². The molecule has 16 heteroatoms. The van der Waals surface area contributed by atoms with Crippen LogP contribution >= 0.6 is 23.2 Å². The van der Waals surface area contributed by atoms with Crippen LogP contribution in [0, 0.1) is 23.3 Å². The Balaban J connectivity index is 0.000000165. The Kier molecular flexibility index (Phi) is 10.1. The lowest BCUT2D eigenvalue weighted by atomic mass is 10.1. The van der Waals surface area contributed by atoms with E-state index in [9.17, 15) is 17.6 Å². The number of H-pyrrole nitrogens is 1. The minimum Gasteiger partial charge on any atom is -0.475 e. The van der Waals surface area contributed by atoms with Crippen LogP contribution in [0.15, 0.2) is 109 Å². The molecule has 0 fully saturated rings. The van der Waals surface area contributed by atoms with Gasteiger partial charge in [0.2, 0.25) is 11.8 Å². The van der Waals surface area contributed by atoms with E-state index < -0.39 is 23.3 Å². The van der Waals surface area contributed by atoms with Crippen molar-refractivity contribution in [3.05, 3.63) is 143 Å². The van der Waals surface area contributed by atoms with Crippen LogP contribution in [0.2, 0.25) is 16.9 Å². The summed E-state index contributed by atoms with van der Waals surface area (Å²) in [6.07, 6.45) is 3.10. The first-order chi connectivity index (χ1) is 25.7. The second-order valence-electron chi connectivity index (χ2n) is 11.1. The SMILES string of the molecule is C[B]On1nc(-c2ccccc2Cl)c2cnc(Oc3ccc(F)cc3F)cc21.Fc1ccc(Oc2cc3[nH]nc(-c4ccccc4Cl)c3cn2)c(F)c1. The number of hydrogen-bond donors (Lipinski definition) is 1. The fourth-order valence-electron chi connectivity index (χ4n) is 5.20. The van der Waals surface area contributed by atoms with E-state index in [1.54, 1.807) is 37.3 Å². The standard InChI is InChI=1S/C19H12BClF2N3O2.C18H10ClF2N3O/c1-20-28-26-16-9-18(27-17-7-6-11(22)8-15(17)23)24-10-13(16)19(25-26)12-4-2-3-5-14(12)21;19-13-4-2-1-3-11(13)18-12-9-22-17(8-15(12)23-24-18)25-16-6-5-10(20)7-14(16)21/h2-10H,1H3;1-9H,(H,23,24). The van der Waals surface area contributed by atoms with Crippen LogP contribution in [-0.2, 0) is 0 Å². The maximum absolute atomic E-state index is 13.9. The number of fused-ring (bicyclic) bond motifs is 2. The first-order valence-electron chi connectivity index (χ1n) is 15.6. The summed E-state index contributed by atoms with van der Waals surface area (Å²) in [6.45, 7) is 1.70. The molecule has 1 N–H and O–H groups in total. The van der Waals surface area contributed by atoms with Crippen molar-refractivity contribution in [3.63, 3.8) is 0 Å². The molecule has 1 radical (unpaired) electrons. The number of aromatic amines is 1. The topological polar surface area (TPSA) is 100.0 Å². The molecule has 0 atom stereocenters. The number of hydrogen-bond acceptors (Lipinski definition) is 7. The van der Waals surface area contributed by atoms with Gasteiger partial charge in [-0.2, -0.15) is 5.10 Å². The van der Waals surface area contributed by atoms with Gasteiger partial charge in [-0.1, -0.05) is 59.6 Å². The Morgan fingerprint density at radius 3 is 1.77 bits per heavy atom. The third-order valence-corrected chi connectivity index (χ3v) is 8.27. The van der Waals surface area contributed by atoms with Crippen LogP contribution in [-0.4, -0.2) is 37.6 Å². The molecule has 0 bridgehead atoms. The zero-order chi connectivity index (χ0) is 37.1. The molecule has 0 unspecified atom stereocenters. The number of aromatic nitrogens is 6. The summed E-state index contributed by atoms with van der Waals surface area (Å²) < 4.78 is 69.9. The third-order valence-electron chi connectivity index (χ3n) is 7.61. The van der Waals surface area contributed by atoms with E-state index in [-0.39, 0.29) is 23.3 Å². The minimum atomic E-state index is -0.828. The molecule has 4 aromatic heterocycles. The van der Waals surface area contributed by atoms with Crippen molar-refractivity contribution in [2.75, 3.05) is 0 Å². The molecule has 53 heavy (non-hydrogen) atoms. The van der Waals surface area contributed by atoms with Crippen LogP contribution in [0.4, 0.5) is 17.6 Å². The van der Waals surface area contributed by atoms with Gasteiger partial charge in [0.1, 0.15) is 28.5 Å². The maximum Gasteiger partial charge on any atom is 0.407 e. The largest absolute Gasteiger partial charge is 0.475 e. The number of nitrogens with one attached hydrogen (secondary N) is 1. The molecular formula is C37H22BCl2F4N6O3. The van der Waals surface area contributed by atoms with E-state index in [0.717, 1.165) is 35.2 Å². The summed E-state index contributed by atoms with van der Waals surface area (Å²) in [6, 6.07) is 23.8. The fraction of sp³-hybridized carbons (Fsp3) is 0.0270. The van der Waals surface area contributed by atoms with Gasteiger partial charge < -0.3 is 14.2 Å². The molecule has 0 aliphatic rings. The summed E-state index contributed by atoms with van der Waals surface area (Å²) in [5.41, 5.74) is 3.92. The quantitative estimate of drug-likeness (QED) is 0.122. The van der Waals surface area contributed by atoms with Crippen LogP contribution in [0.25, 0.3) is 44.3 Å². The second kappa shape index (κ2) is 15.2. The highest BCUT2D eigenvalue weighted by molar-refractivity contribution is 6.34. The normalized spacial score (nSPS) is 10.9. The summed E-state index contributed by atoms with van der Waals surface area (Å²) in [4.78, 5) is 9.67. The minimum absolute atomic E-state index is 0.101. The fourth-order valence-corrected chi connectivity index (χ4v) is 5.65. The first-order valence-corrected chi connectivity index (χ1v) is 16.4. The van der Waals surface area contributed by atoms with Gasteiger partial charge >= 0.3 is 7.48 Å². The Morgan fingerprint density at radius 2 is 1.21 bits per heavy atom. The van der Waals surface area contributed by atoms with Crippen molar-refractivity contribution in [2.24, 2.45) is 0 Å². The van der Waals surface area contributed by atoms with Crippen LogP contribution in [0.5, 0.6) is 23.3 Å². The van der Waals surface area contributed by atoms with Gasteiger partial charge in [-0.15, -0.1) is 9.94 Å². The lowest BCUT2D eigenvalue weighted by molar-refractivity contribution is 0.262. The average molecular weight is 756 g/mol. The molecule has 4 aromatic carbocycles. The molecule has 8 aromatic rings. The summed E-state index contributed by atoms with van der Waals surface area (Å²) in [5.74, 6) is -2.99. The molecule has 0 aliphatic heterocycles. The predicted molar refractivity (Wildman–Crippen MR) is 193 cm³/mol. The van der Waals surface area contributed by atoms with E-state index in [1.165, 1.54) is 30.7 Å². The predicted octanol–water partition coefficient (Wildman–Crippen LogP) is 10.3. The van der Waals surface area contributed by atoms with Gasteiger partial charge in [-0.25, -0.2) is 27.5 Å². The summed E-state index contributed by atoms with van der Waals surface area (Å²) in [5, 5.41) is 14.1. The number of pyridine rings is 2. The van der Waals surface area contributed by atoms with Crippen molar-refractivity contribution < 1.29 is 31.8 Å². The first kappa shape index (κ1) is 35.3. The van der Waals surface area contributed by atoms with Crippen LogP contribution < -0.4 is 14.2 Å². The molecule has 0 saturated heterocycles. The molecule has 8 rings (SSSR count). The second-order valence-corrected chi connectivity index (χ2v) is 11.9. The lowest BCUT2D eigenvalue weighted by Gasteiger charge is -2.07. The van der Waals surface area contributed by atoms with E-state index in [0.29, 0.717) is 43.4 Å². The van der Waals surface area contributed by atoms with Crippen molar-refractivity contribution in [1.82, 2.24) is 30.1 Å². The number of halogens is 6. The number of nitrogens with zero attached hydrogens (tertiary/aromatic N) is 5. The van der Waals surface area contributed by atoms with E-state index >= 15 is 0 Å². The van der Waals surface area contributed by atoms with E-state index in [1.807, 2.05) is 36.4 Å².